The van der Waals surface area contributed by atoms with Crippen molar-refractivity contribution >= 4 is 12.1 Å². The van der Waals surface area contributed by atoms with Crippen molar-refractivity contribution in [2.24, 2.45) is 5.92 Å². The zero-order valence-corrected chi connectivity index (χ0v) is 11.1. The summed E-state index contributed by atoms with van der Waals surface area (Å²) in [6.07, 6.45) is 0.579. The molecule has 0 radical (unpaired) electrons. The topological polar surface area (TPSA) is 66.8 Å². The third-order valence-corrected chi connectivity index (χ3v) is 3.00. The van der Waals surface area contributed by atoms with Crippen LogP contribution < -0.4 is 0 Å². The van der Waals surface area contributed by atoms with Crippen molar-refractivity contribution in [1.82, 2.24) is 4.90 Å². The fraction of sp³-hybridized carbons (Fsp3) is 0.846. The van der Waals surface area contributed by atoms with Gasteiger partial charge in [0.15, 0.2) is 0 Å². The van der Waals surface area contributed by atoms with Gasteiger partial charge in [0.25, 0.3) is 0 Å². The number of ether oxygens (including phenoxy) is 1. The normalized spacial score (nSPS) is 27.6. The molecule has 0 bridgehead atoms. The monoisotopic (exact) mass is 260 g/mol. The molecule has 5 nitrogen and oxygen atoms in total. The molecule has 0 aromatic heterocycles. The van der Waals surface area contributed by atoms with E-state index in [1.54, 1.807) is 20.8 Å². The molecule has 104 valence electrons. The maximum Gasteiger partial charge on any atom is 0.410 e. The van der Waals surface area contributed by atoms with Crippen LogP contribution in [0.5, 0.6) is 0 Å². The first-order valence-electron chi connectivity index (χ1n) is 7.67. The minimum absolute atomic E-state index is 0.356. The smallest absolute Gasteiger partial charge is 0.410 e. The molecule has 1 N–H and O–H groups in total. The van der Waals surface area contributed by atoms with E-state index in [2.05, 4.69) is 0 Å². The minimum Gasteiger partial charge on any atom is -0.481 e. The van der Waals surface area contributed by atoms with E-state index < -0.39 is 36.6 Å². The highest BCUT2D eigenvalue weighted by atomic mass is 16.6. The Balaban J connectivity index is 2.81. The van der Waals surface area contributed by atoms with Crippen LogP contribution in [0.2, 0.25) is 0 Å². The molecule has 0 saturated heterocycles. The summed E-state index contributed by atoms with van der Waals surface area (Å²) in [5.41, 5.74) is -0.779. The van der Waals surface area contributed by atoms with Crippen LogP contribution in [0.15, 0.2) is 0 Å². The van der Waals surface area contributed by atoms with Crippen molar-refractivity contribution in [2.75, 3.05) is 6.98 Å². The van der Waals surface area contributed by atoms with Crippen molar-refractivity contribution in [2.45, 2.75) is 58.1 Å². The summed E-state index contributed by atoms with van der Waals surface area (Å²) in [5, 5.41) is 8.97. The van der Waals surface area contributed by atoms with Crippen LogP contribution in [0.3, 0.4) is 0 Å². The molecule has 1 rings (SSSR count). The molecule has 0 heterocycles. The molecular formula is C13H23NO4. The van der Waals surface area contributed by atoms with Crippen LogP contribution in [-0.2, 0) is 9.53 Å². The van der Waals surface area contributed by atoms with Crippen LogP contribution in [0.25, 0.3) is 0 Å². The standard InChI is InChI=1S/C13H23NO4/c1-13(2,3)18-12(17)14(4)10-7-5-9(6-8-10)11(15)16/h9-10H,5-8H2,1-4H3,(H,15,16)/i4D3. The van der Waals surface area contributed by atoms with Gasteiger partial charge in [-0.05, 0) is 46.5 Å². The maximum atomic E-state index is 12.1. The predicted octanol–water partition coefficient (Wildman–Crippen LogP) is 2.50. The van der Waals surface area contributed by atoms with Crippen LogP contribution in [0.1, 0.15) is 50.6 Å². The summed E-state index contributed by atoms with van der Waals surface area (Å²) in [7, 11) is 0. The Hall–Kier alpha value is -1.26. The third-order valence-electron chi connectivity index (χ3n) is 3.00. The Kier molecular flexibility index (Phi) is 3.30. The maximum absolute atomic E-state index is 12.1. The van der Waals surface area contributed by atoms with E-state index >= 15 is 0 Å². The van der Waals surface area contributed by atoms with Crippen LogP contribution in [0.4, 0.5) is 4.79 Å². The zero-order chi connectivity index (χ0) is 16.4. The number of carboxylic acid groups (broad SMARTS) is 1. The van der Waals surface area contributed by atoms with Gasteiger partial charge in [-0.25, -0.2) is 4.79 Å². The van der Waals surface area contributed by atoms with Gasteiger partial charge in [0.1, 0.15) is 5.60 Å². The Bertz CT molecular complexity index is 395. The lowest BCUT2D eigenvalue weighted by Gasteiger charge is -2.34. The summed E-state index contributed by atoms with van der Waals surface area (Å²) in [6.45, 7) is 2.42. The van der Waals surface area contributed by atoms with Gasteiger partial charge < -0.3 is 14.7 Å². The molecule has 0 aliphatic heterocycles. The lowest BCUT2D eigenvalue weighted by atomic mass is 9.85. The highest BCUT2D eigenvalue weighted by molar-refractivity contribution is 5.70. The molecule has 1 fully saturated rings. The molecule has 18 heavy (non-hydrogen) atoms. The number of carbonyl (C=O) groups excluding carboxylic acids is 1. The molecule has 0 atom stereocenters. The van der Waals surface area contributed by atoms with Gasteiger partial charge in [0.05, 0.1) is 5.92 Å². The fourth-order valence-electron chi connectivity index (χ4n) is 2.04. The predicted molar refractivity (Wildman–Crippen MR) is 67.4 cm³/mol. The number of carbonyl (C=O) groups is 2. The first-order chi connectivity index (χ1) is 9.42. The molecule has 1 amide bonds. The fourth-order valence-corrected chi connectivity index (χ4v) is 2.04. The number of amides is 1. The molecule has 0 aromatic rings. The summed E-state index contributed by atoms with van der Waals surface area (Å²) in [5.74, 6) is -1.33. The summed E-state index contributed by atoms with van der Waals surface area (Å²) < 4.78 is 27.8. The number of nitrogens with zero attached hydrogens (tertiary/aromatic N) is 1. The summed E-state index contributed by atoms with van der Waals surface area (Å²) in [6, 6.07) is -0.511. The molecule has 0 unspecified atom stereocenters. The first kappa shape index (κ1) is 10.6. The SMILES string of the molecule is [2H]C([2H])([2H])N(C(=O)OC(C)(C)C)C1CCC(C(=O)O)CC1. The Labute approximate surface area is 112 Å². The van der Waals surface area contributed by atoms with Crippen LogP contribution >= 0.6 is 0 Å². The largest absolute Gasteiger partial charge is 0.481 e. The second-order valence-electron chi connectivity index (χ2n) is 5.69. The van der Waals surface area contributed by atoms with Crippen molar-refractivity contribution in [3.8, 4) is 0 Å². The lowest BCUT2D eigenvalue weighted by Crippen LogP contribution is -2.43. The molecule has 0 spiro atoms. The zero-order valence-electron chi connectivity index (χ0n) is 14.1. The van der Waals surface area contributed by atoms with Crippen molar-refractivity contribution in [3.05, 3.63) is 0 Å². The average Bonchev–Trinajstić information content (AvgIpc) is 2.25. The molecule has 0 aromatic carbocycles. The van der Waals surface area contributed by atoms with E-state index in [-0.39, 0.29) is 0 Å². The Morgan fingerprint density at radius 1 is 1.28 bits per heavy atom. The average molecular weight is 260 g/mol. The number of aliphatic carboxylic acids is 1. The number of carboxylic acids is 1. The van der Waals surface area contributed by atoms with Crippen molar-refractivity contribution in [1.29, 1.82) is 0 Å². The second-order valence-corrected chi connectivity index (χ2v) is 5.69. The van der Waals surface area contributed by atoms with E-state index in [1.165, 1.54) is 0 Å². The highest BCUT2D eigenvalue weighted by Crippen LogP contribution is 2.27. The Morgan fingerprint density at radius 3 is 2.22 bits per heavy atom. The van der Waals surface area contributed by atoms with Gasteiger partial charge in [0.2, 0.25) is 0 Å². The van der Waals surface area contributed by atoms with Gasteiger partial charge in [-0.15, -0.1) is 0 Å². The summed E-state index contributed by atoms with van der Waals surface area (Å²) >= 11 is 0. The number of hydrogen-bond acceptors (Lipinski definition) is 3. The molecule has 1 saturated carbocycles. The van der Waals surface area contributed by atoms with Crippen molar-refractivity contribution < 1.29 is 23.5 Å². The van der Waals surface area contributed by atoms with Crippen LogP contribution in [-0.4, -0.2) is 40.7 Å². The first-order valence-corrected chi connectivity index (χ1v) is 6.17. The molecule has 1 aliphatic rings. The second kappa shape index (κ2) is 5.59. The van der Waals surface area contributed by atoms with Gasteiger partial charge in [-0.3, -0.25) is 4.79 Å². The van der Waals surface area contributed by atoms with E-state index in [0.29, 0.717) is 25.7 Å². The van der Waals surface area contributed by atoms with Gasteiger partial charge in [-0.1, -0.05) is 0 Å². The quantitative estimate of drug-likeness (QED) is 0.828. The van der Waals surface area contributed by atoms with Gasteiger partial charge >= 0.3 is 12.1 Å². The Morgan fingerprint density at radius 2 is 1.83 bits per heavy atom. The summed E-state index contributed by atoms with van der Waals surface area (Å²) in [4.78, 5) is 23.9. The van der Waals surface area contributed by atoms with E-state index in [0.717, 1.165) is 4.90 Å². The molecule has 5 heteroatoms. The van der Waals surface area contributed by atoms with E-state index in [9.17, 15) is 9.59 Å². The van der Waals surface area contributed by atoms with E-state index in [4.69, 9.17) is 14.0 Å². The highest BCUT2D eigenvalue weighted by Gasteiger charge is 2.31. The molecular weight excluding hydrogens is 234 g/mol. The number of rotatable bonds is 2. The lowest BCUT2D eigenvalue weighted by molar-refractivity contribution is -0.143. The van der Waals surface area contributed by atoms with E-state index in [1.807, 2.05) is 0 Å². The minimum atomic E-state index is -2.59. The molecule has 1 aliphatic carbocycles. The van der Waals surface area contributed by atoms with Gasteiger partial charge in [0, 0.05) is 17.1 Å². The number of hydrogen-bond donors (Lipinski definition) is 1. The van der Waals surface area contributed by atoms with Crippen LogP contribution in [0, 0.1) is 5.92 Å². The van der Waals surface area contributed by atoms with Crippen molar-refractivity contribution in [3.63, 3.8) is 0 Å². The third kappa shape index (κ3) is 4.20. The van der Waals surface area contributed by atoms with Gasteiger partial charge in [-0.2, -0.15) is 0 Å².